The Bertz CT molecular complexity index is 789. The van der Waals surface area contributed by atoms with Crippen molar-refractivity contribution in [2.75, 3.05) is 20.8 Å². The number of carbonyl (C=O) groups is 1. The van der Waals surface area contributed by atoms with Crippen molar-refractivity contribution in [1.82, 2.24) is 9.88 Å². The fraction of sp³-hybridized carbons (Fsp3) is 0.400. The molecule has 0 unspecified atom stereocenters. The number of aryl methyl sites for hydroxylation is 1. The Morgan fingerprint density at radius 3 is 2.88 bits per heavy atom. The first kappa shape index (κ1) is 17.3. The summed E-state index contributed by atoms with van der Waals surface area (Å²) in [5.41, 5.74) is 3.81. The van der Waals surface area contributed by atoms with Crippen molar-refractivity contribution >= 4 is 5.91 Å². The van der Waals surface area contributed by atoms with Gasteiger partial charge >= 0.3 is 0 Å². The lowest BCUT2D eigenvalue weighted by molar-refractivity contribution is -0.132. The molecule has 0 spiro atoms. The maximum absolute atomic E-state index is 13.0. The molecule has 0 radical (unpaired) electrons. The molecule has 1 aliphatic rings. The number of methoxy groups -OCH3 is 1. The molecule has 0 saturated carbocycles. The zero-order valence-electron chi connectivity index (χ0n) is 15.2. The summed E-state index contributed by atoms with van der Waals surface area (Å²) in [5, 5.41) is 0. The Hall–Kier alpha value is -2.56. The summed E-state index contributed by atoms with van der Waals surface area (Å²) >= 11 is 0. The number of pyridine rings is 1. The number of likely N-dealkylation sites (N-methyl/N-ethyl adjacent to an activating group) is 1. The van der Waals surface area contributed by atoms with Gasteiger partial charge in [0, 0.05) is 29.9 Å². The number of ether oxygens (including phenoxy) is 2. The van der Waals surface area contributed by atoms with Gasteiger partial charge in [-0.15, -0.1) is 0 Å². The maximum atomic E-state index is 13.0. The smallest absolute Gasteiger partial charge is 0.230 e. The van der Waals surface area contributed by atoms with E-state index in [0.717, 1.165) is 33.9 Å². The number of hydrogen-bond acceptors (Lipinski definition) is 4. The van der Waals surface area contributed by atoms with Crippen LogP contribution < -0.4 is 9.47 Å². The van der Waals surface area contributed by atoms with E-state index in [1.54, 1.807) is 18.2 Å². The molecular weight excluding hydrogens is 316 g/mol. The highest BCUT2D eigenvalue weighted by Gasteiger charge is 2.30. The topological polar surface area (TPSA) is 51.7 Å². The van der Waals surface area contributed by atoms with Gasteiger partial charge in [-0.25, -0.2) is 0 Å². The number of rotatable bonds is 4. The number of amides is 1. The van der Waals surface area contributed by atoms with Crippen LogP contribution in [0.5, 0.6) is 11.5 Å². The van der Waals surface area contributed by atoms with E-state index >= 15 is 0 Å². The normalized spacial score (nSPS) is 15.9. The number of fused-ring (bicyclic) bond motifs is 1. The van der Waals surface area contributed by atoms with Gasteiger partial charge in [-0.1, -0.05) is 18.2 Å². The number of hydrogen-bond donors (Lipinski definition) is 0. The fourth-order valence-corrected chi connectivity index (χ4v) is 3.40. The molecule has 25 heavy (non-hydrogen) atoms. The molecule has 2 aromatic rings. The maximum Gasteiger partial charge on any atom is 0.230 e. The number of carbonyl (C=O) groups excluding carboxylic acids is 1. The van der Waals surface area contributed by atoms with Crippen LogP contribution in [0, 0.1) is 13.8 Å². The SMILES string of the molecule is COc1c(C)cnc(CN(C)C(=O)[C@H]2CCOc3ccccc32)c1C. The Morgan fingerprint density at radius 1 is 1.36 bits per heavy atom. The van der Waals surface area contributed by atoms with Crippen molar-refractivity contribution in [1.29, 1.82) is 0 Å². The Morgan fingerprint density at radius 2 is 2.12 bits per heavy atom. The van der Waals surface area contributed by atoms with Gasteiger partial charge < -0.3 is 14.4 Å². The van der Waals surface area contributed by atoms with Crippen molar-refractivity contribution in [3.05, 3.63) is 52.8 Å². The van der Waals surface area contributed by atoms with Gasteiger partial charge in [0.15, 0.2) is 0 Å². The summed E-state index contributed by atoms with van der Waals surface area (Å²) in [6, 6.07) is 7.78. The van der Waals surface area contributed by atoms with Gasteiger partial charge in [0.05, 0.1) is 31.9 Å². The molecule has 132 valence electrons. The zero-order valence-corrected chi connectivity index (χ0v) is 15.2. The van der Waals surface area contributed by atoms with Gasteiger partial charge in [-0.3, -0.25) is 9.78 Å². The van der Waals surface area contributed by atoms with Crippen LogP contribution in [0.25, 0.3) is 0 Å². The summed E-state index contributed by atoms with van der Waals surface area (Å²) in [6.45, 7) is 4.98. The lowest BCUT2D eigenvalue weighted by atomic mass is 9.92. The summed E-state index contributed by atoms with van der Waals surface area (Å²) < 4.78 is 11.1. The second-order valence-electron chi connectivity index (χ2n) is 6.47. The summed E-state index contributed by atoms with van der Waals surface area (Å²) in [4.78, 5) is 19.3. The largest absolute Gasteiger partial charge is 0.496 e. The quantitative estimate of drug-likeness (QED) is 0.857. The first-order valence-electron chi connectivity index (χ1n) is 8.48. The number of benzene rings is 1. The molecule has 1 aromatic heterocycles. The van der Waals surface area contributed by atoms with E-state index in [1.807, 2.05) is 45.2 Å². The molecule has 1 atom stereocenters. The van der Waals surface area contributed by atoms with E-state index in [0.29, 0.717) is 19.6 Å². The molecule has 0 fully saturated rings. The molecule has 5 nitrogen and oxygen atoms in total. The van der Waals surface area contributed by atoms with Crippen LogP contribution in [-0.4, -0.2) is 36.6 Å². The highest BCUT2D eigenvalue weighted by atomic mass is 16.5. The third-order valence-electron chi connectivity index (χ3n) is 4.77. The molecule has 3 rings (SSSR count). The highest BCUT2D eigenvalue weighted by Crippen LogP contribution is 2.34. The molecular formula is C20H24N2O3. The Balaban J connectivity index is 1.81. The predicted octanol–water partition coefficient (Wildman–Crippen LogP) is 3.23. The van der Waals surface area contributed by atoms with Crippen LogP contribution in [0.3, 0.4) is 0 Å². The van der Waals surface area contributed by atoms with E-state index in [4.69, 9.17) is 9.47 Å². The van der Waals surface area contributed by atoms with Crippen LogP contribution in [0.2, 0.25) is 0 Å². The van der Waals surface area contributed by atoms with Crippen molar-refractivity contribution in [3.63, 3.8) is 0 Å². The van der Waals surface area contributed by atoms with Gasteiger partial charge in [0.25, 0.3) is 0 Å². The van der Waals surface area contributed by atoms with Crippen LogP contribution >= 0.6 is 0 Å². The molecule has 0 saturated heterocycles. The minimum atomic E-state index is -0.164. The van der Waals surface area contributed by atoms with E-state index < -0.39 is 0 Å². The number of para-hydroxylation sites is 1. The second kappa shape index (κ2) is 7.13. The predicted molar refractivity (Wildman–Crippen MR) is 96.0 cm³/mol. The molecule has 0 N–H and O–H groups in total. The monoisotopic (exact) mass is 340 g/mol. The van der Waals surface area contributed by atoms with Gasteiger partial charge in [0.1, 0.15) is 11.5 Å². The molecule has 1 amide bonds. The van der Waals surface area contributed by atoms with Crippen molar-refractivity contribution in [2.45, 2.75) is 32.7 Å². The molecule has 0 aliphatic carbocycles. The lowest BCUT2D eigenvalue weighted by Crippen LogP contribution is -2.34. The number of aromatic nitrogens is 1. The van der Waals surface area contributed by atoms with Crippen molar-refractivity contribution in [3.8, 4) is 11.5 Å². The van der Waals surface area contributed by atoms with Crippen LogP contribution in [0.4, 0.5) is 0 Å². The standard InChI is InChI=1S/C20H24N2O3/c1-13-11-21-17(14(2)19(13)24-4)12-22(3)20(23)16-9-10-25-18-8-6-5-7-15(16)18/h5-8,11,16H,9-10,12H2,1-4H3/t16-/m0/s1. The fourth-order valence-electron chi connectivity index (χ4n) is 3.40. The average molecular weight is 340 g/mol. The minimum absolute atomic E-state index is 0.0940. The third-order valence-corrected chi connectivity index (χ3v) is 4.77. The second-order valence-corrected chi connectivity index (χ2v) is 6.47. The van der Waals surface area contributed by atoms with E-state index in [-0.39, 0.29) is 11.8 Å². The molecule has 5 heteroatoms. The zero-order chi connectivity index (χ0) is 18.0. The van der Waals surface area contributed by atoms with Crippen LogP contribution in [0.15, 0.2) is 30.5 Å². The molecule has 0 bridgehead atoms. The first-order valence-corrected chi connectivity index (χ1v) is 8.48. The summed E-state index contributed by atoms with van der Waals surface area (Å²) in [7, 11) is 3.49. The number of nitrogens with zero attached hydrogens (tertiary/aromatic N) is 2. The van der Waals surface area contributed by atoms with Crippen LogP contribution in [0.1, 0.15) is 34.7 Å². The van der Waals surface area contributed by atoms with Gasteiger partial charge in [-0.2, -0.15) is 0 Å². The van der Waals surface area contributed by atoms with E-state index in [9.17, 15) is 4.79 Å². The third kappa shape index (κ3) is 3.31. The molecule has 1 aliphatic heterocycles. The lowest BCUT2D eigenvalue weighted by Gasteiger charge is -2.29. The highest BCUT2D eigenvalue weighted by molar-refractivity contribution is 5.84. The molecule has 1 aromatic carbocycles. The van der Waals surface area contributed by atoms with Gasteiger partial charge in [0.2, 0.25) is 5.91 Å². The van der Waals surface area contributed by atoms with Gasteiger partial charge in [-0.05, 0) is 26.3 Å². The average Bonchev–Trinajstić information content (AvgIpc) is 2.63. The Kier molecular flexibility index (Phi) is 4.93. The van der Waals surface area contributed by atoms with E-state index in [1.165, 1.54) is 0 Å². The molecule has 2 heterocycles. The van der Waals surface area contributed by atoms with Crippen molar-refractivity contribution < 1.29 is 14.3 Å². The first-order chi connectivity index (χ1) is 12.0. The summed E-state index contributed by atoms with van der Waals surface area (Å²) in [6.07, 6.45) is 2.49. The van der Waals surface area contributed by atoms with E-state index in [2.05, 4.69) is 4.98 Å². The summed E-state index contributed by atoms with van der Waals surface area (Å²) in [5.74, 6) is 1.58. The Labute approximate surface area is 148 Å². The van der Waals surface area contributed by atoms with Crippen molar-refractivity contribution in [2.24, 2.45) is 0 Å². The minimum Gasteiger partial charge on any atom is -0.496 e. The van der Waals surface area contributed by atoms with Crippen LogP contribution in [-0.2, 0) is 11.3 Å².